The molecule has 0 aliphatic rings. The van der Waals surface area contributed by atoms with Gasteiger partial charge >= 0.3 is 0 Å². The van der Waals surface area contributed by atoms with Crippen LogP contribution < -0.4 is 4.74 Å². The van der Waals surface area contributed by atoms with Crippen LogP contribution in [0.25, 0.3) is 16.9 Å². The van der Waals surface area contributed by atoms with Crippen LogP contribution in [0.1, 0.15) is 26.3 Å². The molecule has 0 saturated carbocycles. The van der Waals surface area contributed by atoms with Gasteiger partial charge in [0.15, 0.2) is 19.7 Å². The fourth-order valence-electron chi connectivity index (χ4n) is 3.01. The van der Waals surface area contributed by atoms with E-state index in [4.69, 9.17) is 4.74 Å². The zero-order valence-corrected chi connectivity index (χ0v) is 18.6. The van der Waals surface area contributed by atoms with Crippen molar-refractivity contribution in [3.63, 3.8) is 0 Å². The fraction of sp³-hybridized carbons (Fsp3) is 0.350. The lowest BCUT2D eigenvalue weighted by Crippen LogP contribution is -2.28. The van der Waals surface area contributed by atoms with Gasteiger partial charge in [-0.05, 0) is 32.4 Å². The molecule has 0 fully saturated rings. The van der Waals surface area contributed by atoms with E-state index in [-0.39, 0.29) is 16.4 Å². The third-order valence-electron chi connectivity index (χ3n) is 4.54. The number of aromatic nitrogens is 2. The fourth-order valence-corrected chi connectivity index (χ4v) is 5.11. The first-order chi connectivity index (χ1) is 13.3. The van der Waals surface area contributed by atoms with Crippen LogP contribution >= 0.6 is 0 Å². The largest absolute Gasteiger partial charge is 0.495 e. The van der Waals surface area contributed by atoms with Crippen molar-refractivity contribution in [1.29, 1.82) is 0 Å². The molecule has 0 aliphatic heterocycles. The van der Waals surface area contributed by atoms with Gasteiger partial charge in [0.25, 0.3) is 0 Å². The van der Waals surface area contributed by atoms with Gasteiger partial charge in [-0.3, -0.25) is 4.40 Å². The number of pyridine rings is 1. The van der Waals surface area contributed by atoms with Crippen molar-refractivity contribution >= 4 is 25.3 Å². The minimum absolute atomic E-state index is 0.0744. The first-order valence-corrected chi connectivity index (χ1v) is 12.4. The highest BCUT2D eigenvalue weighted by molar-refractivity contribution is 7.92. The predicted octanol–water partition coefficient (Wildman–Crippen LogP) is 3.13. The van der Waals surface area contributed by atoms with E-state index in [0.29, 0.717) is 16.9 Å². The summed E-state index contributed by atoms with van der Waals surface area (Å²) in [4.78, 5) is 4.44. The van der Waals surface area contributed by atoms with Gasteiger partial charge in [-0.1, -0.05) is 18.2 Å². The molecule has 0 bridgehead atoms. The molecule has 0 amide bonds. The Bertz CT molecular complexity index is 1280. The summed E-state index contributed by atoms with van der Waals surface area (Å²) < 4.78 is 55.4. The molecule has 29 heavy (non-hydrogen) atoms. The van der Waals surface area contributed by atoms with Gasteiger partial charge in [-0.25, -0.2) is 21.8 Å². The van der Waals surface area contributed by atoms with Crippen molar-refractivity contribution in [1.82, 2.24) is 9.38 Å². The summed E-state index contributed by atoms with van der Waals surface area (Å²) in [5.41, 5.74) is 2.57. The van der Waals surface area contributed by atoms with Crippen molar-refractivity contribution in [3.8, 4) is 17.0 Å². The van der Waals surface area contributed by atoms with Crippen LogP contribution in [0, 0.1) is 0 Å². The van der Waals surface area contributed by atoms with E-state index in [0.717, 1.165) is 5.56 Å². The number of rotatable bonds is 5. The molecule has 0 atom stereocenters. The number of hydrogen-bond acceptors (Lipinski definition) is 6. The number of hydrogen-bond donors (Lipinski definition) is 0. The molecule has 2 aromatic heterocycles. The van der Waals surface area contributed by atoms with Gasteiger partial charge in [0.2, 0.25) is 0 Å². The van der Waals surface area contributed by atoms with E-state index in [1.807, 2.05) is 6.07 Å². The standard InChI is InChI=1S/C20H24N2O5S2/c1-20(2,3)29(25,26)18-12-22-16(11-21-19(22)10-17(18)27-4)15-8-6-7-14(9-15)13-28(5,23)24/h6-12H,13H2,1-5H3. The van der Waals surface area contributed by atoms with E-state index < -0.39 is 24.4 Å². The van der Waals surface area contributed by atoms with Crippen molar-refractivity contribution in [2.45, 2.75) is 36.2 Å². The van der Waals surface area contributed by atoms with Gasteiger partial charge in [0.05, 0.1) is 29.5 Å². The van der Waals surface area contributed by atoms with Gasteiger partial charge in [0, 0.05) is 24.1 Å². The molecule has 3 rings (SSSR count). The Labute approximate surface area is 171 Å². The molecule has 0 spiro atoms. The molecular weight excluding hydrogens is 412 g/mol. The SMILES string of the molecule is COc1cc2ncc(-c3cccc(CS(C)(=O)=O)c3)n2cc1S(=O)(=O)C(C)(C)C. The lowest BCUT2D eigenvalue weighted by atomic mass is 10.1. The second-order valence-corrected chi connectivity index (χ2v) is 12.8. The van der Waals surface area contributed by atoms with Crippen LogP contribution in [0.5, 0.6) is 5.75 Å². The third-order valence-corrected chi connectivity index (χ3v) is 7.90. The van der Waals surface area contributed by atoms with E-state index in [1.54, 1.807) is 55.6 Å². The summed E-state index contributed by atoms with van der Waals surface area (Å²) in [6.45, 7) is 4.90. The highest BCUT2D eigenvalue weighted by Gasteiger charge is 2.34. The maximum absolute atomic E-state index is 13.1. The second-order valence-electron chi connectivity index (χ2n) is 7.96. The number of benzene rings is 1. The molecular formula is C20H24N2O5S2. The topological polar surface area (TPSA) is 94.8 Å². The average Bonchev–Trinajstić information content (AvgIpc) is 3.01. The number of sulfone groups is 2. The Hall–Kier alpha value is -2.39. The van der Waals surface area contributed by atoms with E-state index >= 15 is 0 Å². The average molecular weight is 437 g/mol. The highest BCUT2D eigenvalue weighted by atomic mass is 32.2. The normalized spacial score (nSPS) is 13.0. The van der Waals surface area contributed by atoms with Crippen molar-refractivity contribution in [2.24, 2.45) is 0 Å². The molecule has 156 valence electrons. The Morgan fingerprint density at radius 3 is 2.38 bits per heavy atom. The minimum atomic E-state index is -3.67. The molecule has 2 heterocycles. The van der Waals surface area contributed by atoms with Gasteiger partial charge in [-0.2, -0.15) is 0 Å². The zero-order chi connectivity index (χ0) is 21.6. The van der Waals surface area contributed by atoms with Gasteiger partial charge in [0.1, 0.15) is 16.3 Å². The third kappa shape index (κ3) is 4.16. The molecule has 0 aliphatic carbocycles. The smallest absolute Gasteiger partial charge is 0.188 e. The number of imidazole rings is 1. The van der Waals surface area contributed by atoms with Crippen molar-refractivity contribution < 1.29 is 21.6 Å². The lowest BCUT2D eigenvalue weighted by molar-refractivity contribution is 0.401. The summed E-state index contributed by atoms with van der Waals surface area (Å²) >= 11 is 0. The van der Waals surface area contributed by atoms with E-state index in [9.17, 15) is 16.8 Å². The van der Waals surface area contributed by atoms with Gasteiger partial charge in [-0.15, -0.1) is 0 Å². The van der Waals surface area contributed by atoms with Crippen LogP contribution in [0.3, 0.4) is 0 Å². The molecule has 0 unspecified atom stereocenters. The van der Waals surface area contributed by atoms with Crippen LogP contribution in [0.15, 0.2) is 47.6 Å². The van der Waals surface area contributed by atoms with Gasteiger partial charge < -0.3 is 4.74 Å². The highest BCUT2D eigenvalue weighted by Crippen LogP contribution is 2.34. The number of methoxy groups -OCH3 is 1. The molecule has 9 heteroatoms. The Morgan fingerprint density at radius 1 is 1.10 bits per heavy atom. The van der Waals surface area contributed by atoms with E-state index in [2.05, 4.69) is 4.98 Å². The van der Waals surface area contributed by atoms with Crippen molar-refractivity contribution in [3.05, 3.63) is 48.3 Å². The van der Waals surface area contributed by atoms with Crippen LogP contribution in [-0.4, -0.2) is 44.3 Å². The quantitative estimate of drug-likeness (QED) is 0.610. The van der Waals surface area contributed by atoms with Crippen LogP contribution in [0.4, 0.5) is 0 Å². The molecule has 0 saturated heterocycles. The lowest BCUT2D eigenvalue weighted by Gasteiger charge is -2.21. The molecule has 3 aromatic rings. The first kappa shape index (κ1) is 21.3. The molecule has 0 N–H and O–H groups in total. The van der Waals surface area contributed by atoms with Crippen LogP contribution in [0.2, 0.25) is 0 Å². The minimum Gasteiger partial charge on any atom is -0.495 e. The second kappa shape index (κ2) is 7.14. The summed E-state index contributed by atoms with van der Waals surface area (Å²) in [6.07, 6.45) is 4.33. The first-order valence-electron chi connectivity index (χ1n) is 8.90. The number of ether oxygens (including phenoxy) is 1. The Morgan fingerprint density at radius 2 is 1.79 bits per heavy atom. The molecule has 0 radical (unpaired) electrons. The summed E-state index contributed by atoms with van der Waals surface area (Å²) in [5.74, 6) is 0.158. The molecule has 1 aromatic carbocycles. The van der Waals surface area contributed by atoms with Crippen LogP contribution in [-0.2, 0) is 25.4 Å². The maximum Gasteiger partial charge on any atom is 0.188 e. The zero-order valence-electron chi connectivity index (χ0n) is 17.0. The summed E-state index contributed by atoms with van der Waals surface area (Å²) in [6, 6.07) is 8.70. The predicted molar refractivity (Wildman–Crippen MR) is 113 cm³/mol. The van der Waals surface area contributed by atoms with Crippen molar-refractivity contribution in [2.75, 3.05) is 13.4 Å². The Balaban J connectivity index is 2.22. The Kier molecular flexibility index (Phi) is 5.25. The number of nitrogens with zero attached hydrogens (tertiary/aromatic N) is 2. The summed E-state index contributed by atoms with van der Waals surface area (Å²) in [7, 11) is -5.42. The maximum atomic E-state index is 13.1. The summed E-state index contributed by atoms with van der Waals surface area (Å²) in [5, 5.41) is 0. The monoisotopic (exact) mass is 436 g/mol. The van der Waals surface area contributed by atoms with E-state index in [1.165, 1.54) is 19.6 Å². The molecule has 7 nitrogen and oxygen atoms in total. The number of fused-ring (bicyclic) bond motifs is 1.